The summed E-state index contributed by atoms with van der Waals surface area (Å²) in [5.74, 6) is -5.36. The number of carbonyl (C=O) groups excluding carboxylic acids is 2. The third kappa shape index (κ3) is 5.58. The zero-order valence-corrected chi connectivity index (χ0v) is 15.8. The molecule has 1 aromatic rings. The number of esters is 1. The minimum atomic E-state index is -3.77. The fourth-order valence-corrected chi connectivity index (χ4v) is 2.51. The molecule has 0 aliphatic rings. The smallest absolute Gasteiger partial charge is 0.349 e. The Morgan fingerprint density at radius 2 is 1.89 bits per heavy atom. The number of carbonyl (C=O) groups is 2. The maximum atomic E-state index is 13.9. The van der Waals surface area contributed by atoms with E-state index in [0.29, 0.717) is 18.1 Å². The van der Waals surface area contributed by atoms with Crippen molar-refractivity contribution in [1.29, 1.82) is 0 Å². The van der Waals surface area contributed by atoms with Crippen molar-refractivity contribution in [1.82, 2.24) is 0 Å². The van der Waals surface area contributed by atoms with Crippen molar-refractivity contribution in [2.45, 2.75) is 31.3 Å². The Bertz CT molecular complexity index is 748. The number of hydrogen-bond donors (Lipinski definition) is 1. The molecule has 0 bridgehead atoms. The number of aliphatic hydroxyl groups is 1. The summed E-state index contributed by atoms with van der Waals surface area (Å²) in [4.78, 5) is 23.9. The first-order valence-electron chi connectivity index (χ1n) is 7.98. The molecule has 0 aliphatic carbocycles. The Labute approximate surface area is 161 Å². The molecule has 7 heteroatoms. The van der Waals surface area contributed by atoms with Crippen molar-refractivity contribution in [3.63, 3.8) is 0 Å². The number of methoxy groups -OCH3 is 1. The second-order valence-corrected chi connectivity index (χ2v) is 6.20. The van der Waals surface area contributed by atoms with Gasteiger partial charge in [-0.05, 0) is 11.1 Å². The molecule has 1 unspecified atom stereocenters. The van der Waals surface area contributed by atoms with Crippen LogP contribution >= 0.6 is 11.6 Å². The number of alkyl halides is 2. The van der Waals surface area contributed by atoms with Gasteiger partial charge in [-0.15, -0.1) is 0 Å². The first-order valence-corrected chi connectivity index (χ1v) is 8.41. The van der Waals surface area contributed by atoms with Crippen LogP contribution in [0.1, 0.15) is 24.5 Å². The summed E-state index contributed by atoms with van der Waals surface area (Å²) in [6.45, 7) is 4.05. The normalized spacial score (nSPS) is 14.7. The molecule has 1 atom stereocenters. The lowest BCUT2D eigenvalue weighted by Gasteiger charge is -2.31. The van der Waals surface area contributed by atoms with Crippen LogP contribution in [0.4, 0.5) is 8.78 Å². The Balaban J connectivity index is 3.00. The predicted molar refractivity (Wildman–Crippen MR) is 99.6 cm³/mol. The molecule has 0 saturated heterocycles. The average molecular weight is 399 g/mol. The van der Waals surface area contributed by atoms with E-state index >= 15 is 0 Å². The van der Waals surface area contributed by atoms with Gasteiger partial charge in [-0.2, -0.15) is 0 Å². The molecule has 4 nitrogen and oxygen atoms in total. The topological polar surface area (TPSA) is 63.6 Å². The number of allylic oxidation sites excluding steroid dienone is 4. The summed E-state index contributed by atoms with van der Waals surface area (Å²) in [7, 11) is 0.913. The van der Waals surface area contributed by atoms with Crippen LogP contribution in [0.25, 0.3) is 0 Å². The Morgan fingerprint density at radius 1 is 1.30 bits per heavy atom. The van der Waals surface area contributed by atoms with E-state index in [1.54, 1.807) is 12.2 Å². The van der Waals surface area contributed by atoms with E-state index in [-0.39, 0.29) is 24.2 Å². The van der Waals surface area contributed by atoms with Gasteiger partial charge in [0.1, 0.15) is 5.78 Å². The number of ketones is 1. The molecule has 0 amide bonds. The van der Waals surface area contributed by atoms with Gasteiger partial charge in [0.25, 0.3) is 11.5 Å². The molecular formula is C20H21ClF2O4. The van der Waals surface area contributed by atoms with Gasteiger partial charge in [-0.25, -0.2) is 13.6 Å². The number of Topliss-reactive ketones (excluding diaryl/α,β-unsaturated/α-hetero) is 1. The number of benzene rings is 1. The van der Waals surface area contributed by atoms with E-state index in [1.165, 1.54) is 35.9 Å². The van der Waals surface area contributed by atoms with Gasteiger partial charge in [0.05, 0.1) is 7.11 Å². The maximum Gasteiger partial charge on any atom is 0.349 e. The van der Waals surface area contributed by atoms with Crippen LogP contribution in [0.15, 0.2) is 60.2 Å². The van der Waals surface area contributed by atoms with Crippen LogP contribution < -0.4 is 0 Å². The van der Waals surface area contributed by atoms with Gasteiger partial charge >= 0.3 is 5.97 Å². The summed E-state index contributed by atoms with van der Waals surface area (Å²) >= 11 is 5.43. The van der Waals surface area contributed by atoms with Crippen LogP contribution in [0.3, 0.4) is 0 Å². The molecule has 1 rings (SSSR count). The van der Waals surface area contributed by atoms with E-state index < -0.39 is 17.5 Å². The Morgan fingerprint density at radius 3 is 2.33 bits per heavy atom. The van der Waals surface area contributed by atoms with Crippen LogP contribution in [0, 0.1) is 0 Å². The fraction of sp³-hybridized carbons (Fsp3) is 0.300. The lowest BCUT2D eigenvalue weighted by molar-refractivity contribution is -0.208. The number of rotatable bonds is 9. The van der Waals surface area contributed by atoms with E-state index in [4.69, 9.17) is 11.6 Å². The molecular weight excluding hydrogens is 378 g/mol. The van der Waals surface area contributed by atoms with Gasteiger partial charge < -0.3 is 9.84 Å². The summed E-state index contributed by atoms with van der Waals surface area (Å²) in [5.41, 5.74) is -0.904. The SMILES string of the molecule is C=C/C(=C\C=C\Cl)CC(=O)Cc1ccc(C(O)(C(=O)OC)C(C)(F)F)cc1. The Kier molecular flexibility index (Phi) is 8.06. The molecule has 0 heterocycles. The minimum absolute atomic E-state index is 0.0508. The lowest BCUT2D eigenvalue weighted by atomic mass is 9.87. The van der Waals surface area contributed by atoms with Crippen LogP contribution in [-0.2, 0) is 26.3 Å². The minimum Gasteiger partial charge on any atom is -0.466 e. The number of halogens is 3. The van der Waals surface area contributed by atoms with E-state index in [2.05, 4.69) is 11.3 Å². The highest BCUT2D eigenvalue weighted by atomic mass is 35.5. The summed E-state index contributed by atoms with van der Waals surface area (Å²) in [5, 5.41) is 10.3. The van der Waals surface area contributed by atoms with E-state index in [9.17, 15) is 23.5 Å². The van der Waals surface area contributed by atoms with Gasteiger partial charge in [-0.1, -0.05) is 60.7 Å². The molecule has 1 N–H and O–H groups in total. The van der Waals surface area contributed by atoms with Gasteiger partial charge in [0.15, 0.2) is 0 Å². The first kappa shape index (κ1) is 22.7. The molecule has 0 fully saturated rings. The van der Waals surface area contributed by atoms with Gasteiger partial charge in [0, 0.05) is 30.9 Å². The highest BCUT2D eigenvalue weighted by Crippen LogP contribution is 2.38. The van der Waals surface area contributed by atoms with Gasteiger partial charge in [0.2, 0.25) is 0 Å². The summed E-state index contributed by atoms with van der Waals surface area (Å²) in [6, 6.07) is 5.17. The summed E-state index contributed by atoms with van der Waals surface area (Å²) in [6.07, 6.45) is 4.94. The fourth-order valence-electron chi connectivity index (χ4n) is 2.44. The molecule has 27 heavy (non-hydrogen) atoms. The zero-order valence-electron chi connectivity index (χ0n) is 15.0. The van der Waals surface area contributed by atoms with Crippen molar-refractivity contribution >= 4 is 23.4 Å². The monoisotopic (exact) mass is 398 g/mol. The van der Waals surface area contributed by atoms with Crippen molar-refractivity contribution in [3.05, 3.63) is 71.3 Å². The van der Waals surface area contributed by atoms with E-state index in [1.807, 2.05) is 0 Å². The molecule has 1 aromatic carbocycles. The molecule has 0 aliphatic heterocycles. The van der Waals surface area contributed by atoms with Gasteiger partial charge in [-0.3, -0.25) is 4.79 Å². The third-order valence-corrected chi connectivity index (χ3v) is 4.08. The van der Waals surface area contributed by atoms with Crippen molar-refractivity contribution in [3.8, 4) is 0 Å². The highest BCUT2D eigenvalue weighted by Gasteiger charge is 2.57. The molecule has 0 aromatic heterocycles. The van der Waals surface area contributed by atoms with Crippen molar-refractivity contribution < 1.29 is 28.2 Å². The number of ether oxygens (including phenoxy) is 1. The Hall–Kier alpha value is -2.31. The quantitative estimate of drug-likeness (QED) is 0.503. The third-order valence-electron chi connectivity index (χ3n) is 3.94. The van der Waals surface area contributed by atoms with Crippen molar-refractivity contribution in [2.75, 3.05) is 7.11 Å². The van der Waals surface area contributed by atoms with Crippen molar-refractivity contribution in [2.24, 2.45) is 0 Å². The second-order valence-electron chi connectivity index (χ2n) is 5.94. The average Bonchev–Trinajstić information content (AvgIpc) is 2.63. The van der Waals surface area contributed by atoms with E-state index in [0.717, 1.165) is 7.11 Å². The maximum absolute atomic E-state index is 13.9. The van der Waals surface area contributed by atoms with Crippen LogP contribution in [0.5, 0.6) is 0 Å². The molecule has 146 valence electrons. The van der Waals surface area contributed by atoms with Crippen LogP contribution in [0.2, 0.25) is 0 Å². The molecule has 0 spiro atoms. The lowest BCUT2D eigenvalue weighted by Crippen LogP contribution is -2.50. The molecule has 0 radical (unpaired) electrons. The predicted octanol–water partition coefficient (Wildman–Crippen LogP) is 4.07. The molecule has 0 saturated carbocycles. The van der Waals surface area contributed by atoms with Crippen LogP contribution in [-0.4, -0.2) is 29.9 Å². The largest absolute Gasteiger partial charge is 0.466 e. The standard InChI is InChI=1S/C20H21ClF2O4/c1-4-14(6-5-11-21)12-17(24)13-15-7-9-16(10-8-15)20(26,18(25)27-3)19(2,22)23/h4-11,26H,1,12-13H2,2-3H3/b11-5+,14-6+. The first-order chi connectivity index (χ1) is 12.6. The number of hydrogen-bond acceptors (Lipinski definition) is 4. The second kappa shape index (κ2) is 9.58. The highest BCUT2D eigenvalue weighted by molar-refractivity contribution is 6.25. The summed E-state index contributed by atoms with van der Waals surface area (Å²) < 4.78 is 32.0. The zero-order chi connectivity index (χ0) is 20.7.